The fourth-order valence-electron chi connectivity index (χ4n) is 6.47. The highest BCUT2D eigenvalue weighted by Gasteiger charge is 2.32. The number of hydrogen-bond donors (Lipinski definition) is 0. The number of likely N-dealkylation sites (tertiary alicyclic amines) is 1. The van der Waals surface area contributed by atoms with E-state index < -0.39 is 10.0 Å². The van der Waals surface area contributed by atoms with Crippen molar-refractivity contribution in [2.24, 2.45) is 0 Å². The fourth-order valence-corrected chi connectivity index (χ4v) is 8.70. The summed E-state index contributed by atoms with van der Waals surface area (Å²) >= 11 is 1.06. The van der Waals surface area contributed by atoms with Crippen LogP contribution in [0.5, 0.6) is 11.5 Å². The molecular weight excluding hydrogens is 581 g/mol. The molecule has 0 saturated carbocycles. The van der Waals surface area contributed by atoms with Crippen LogP contribution in [0.4, 0.5) is 5.13 Å². The quantitative estimate of drug-likeness (QED) is 0.199. The Morgan fingerprint density at radius 3 is 2.56 bits per heavy atom. The van der Waals surface area contributed by atoms with E-state index in [1.807, 2.05) is 24.3 Å². The van der Waals surface area contributed by atoms with E-state index in [2.05, 4.69) is 44.6 Å². The minimum atomic E-state index is -3.99. The molecule has 3 aromatic carbocycles. The predicted octanol–water partition coefficient (Wildman–Crippen LogP) is 6.56. The van der Waals surface area contributed by atoms with Gasteiger partial charge in [0.25, 0.3) is 10.0 Å². The monoisotopic (exact) mass is 618 g/mol. The number of hydrogen-bond acceptors (Lipinski definition) is 8. The molecule has 10 heteroatoms. The first-order chi connectivity index (χ1) is 21.0. The Morgan fingerprint density at radius 1 is 0.953 bits per heavy atom. The van der Waals surface area contributed by atoms with Crippen LogP contribution in [-0.2, 0) is 36.0 Å². The summed E-state index contributed by atoms with van der Waals surface area (Å²) in [5.74, 6) is 1.18. The molecule has 4 aromatic rings. The van der Waals surface area contributed by atoms with E-state index in [0.717, 1.165) is 74.3 Å². The summed E-state index contributed by atoms with van der Waals surface area (Å²) in [6.45, 7) is 1.79. The molecule has 1 saturated heterocycles. The van der Waals surface area contributed by atoms with Crippen molar-refractivity contribution in [3.63, 3.8) is 0 Å². The summed E-state index contributed by atoms with van der Waals surface area (Å²) in [6.07, 6.45) is 8.92. The van der Waals surface area contributed by atoms with Gasteiger partial charge in [0, 0.05) is 35.7 Å². The second kappa shape index (κ2) is 13.0. The number of aromatic nitrogens is 2. The maximum Gasteiger partial charge on any atom is 0.266 e. The van der Waals surface area contributed by atoms with Crippen LogP contribution >= 0.6 is 11.5 Å². The standard InChI is InChI=1S/C33H38N4O4S2/c1-40-28-16-15-26(32(20-28)41-2)22-37(33-34-23-35-42-33)43(38,39)29-18-25-12-6-7-13-30(25)27(19-29)21-36-17-9-8-14-31(36)24-10-4-3-5-11-24/h3-5,10-11,15-16,18-20,23,31H,6-9,12-14,17,21-22H2,1-2H3/t31-/m0/s1. The summed E-state index contributed by atoms with van der Waals surface area (Å²) in [6, 6.07) is 20.3. The number of nitrogens with zero attached hydrogens (tertiary/aromatic N) is 4. The predicted molar refractivity (Wildman–Crippen MR) is 169 cm³/mol. The largest absolute Gasteiger partial charge is 0.497 e. The topological polar surface area (TPSA) is 84.9 Å². The summed E-state index contributed by atoms with van der Waals surface area (Å²) < 4.78 is 45.6. The summed E-state index contributed by atoms with van der Waals surface area (Å²) in [5, 5.41) is 0.317. The van der Waals surface area contributed by atoms with E-state index in [1.54, 1.807) is 20.3 Å². The zero-order valence-corrected chi connectivity index (χ0v) is 26.4. The molecule has 43 heavy (non-hydrogen) atoms. The molecule has 0 amide bonds. The lowest BCUT2D eigenvalue weighted by Gasteiger charge is -2.37. The zero-order chi connectivity index (χ0) is 29.8. The number of aryl methyl sites for hydroxylation is 1. The lowest BCUT2D eigenvalue weighted by atomic mass is 9.87. The molecule has 226 valence electrons. The van der Waals surface area contributed by atoms with Crippen molar-refractivity contribution < 1.29 is 17.9 Å². The van der Waals surface area contributed by atoms with Crippen molar-refractivity contribution >= 4 is 26.7 Å². The summed E-state index contributed by atoms with van der Waals surface area (Å²) in [7, 11) is -0.830. The average Bonchev–Trinajstić information content (AvgIpc) is 3.59. The van der Waals surface area contributed by atoms with Gasteiger partial charge in [-0.25, -0.2) is 17.7 Å². The molecule has 1 aliphatic heterocycles. The molecule has 8 nitrogen and oxygen atoms in total. The van der Waals surface area contributed by atoms with Crippen LogP contribution in [0.2, 0.25) is 0 Å². The molecule has 0 radical (unpaired) electrons. The van der Waals surface area contributed by atoms with Crippen molar-refractivity contribution in [3.8, 4) is 11.5 Å². The molecule has 0 N–H and O–H groups in total. The van der Waals surface area contributed by atoms with Crippen molar-refractivity contribution in [2.75, 3.05) is 25.1 Å². The number of piperidine rings is 1. The van der Waals surface area contributed by atoms with E-state index >= 15 is 0 Å². The molecule has 0 bridgehead atoms. The number of sulfonamides is 1. The van der Waals surface area contributed by atoms with Gasteiger partial charge >= 0.3 is 0 Å². The maximum atomic E-state index is 14.6. The Morgan fingerprint density at radius 2 is 1.79 bits per heavy atom. The van der Waals surface area contributed by atoms with E-state index in [9.17, 15) is 8.42 Å². The van der Waals surface area contributed by atoms with E-state index in [-0.39, 0.29) is 6.54 Å². The van der Waals surface area contributed by atoms with Gasteiger partial charge in [-0.3, -0.25) is 4.90 Å². The second-order valence-corrected chi connectivity index (χ2v) is 13.9. The van der Waals surface area contributed by atoms with Crippen LogP contribution < -0.4 is 13.8 Å². The first-order valence-electron chi connectivity index (χ1n) is 14.9. The van der Waals surface area contributed by atoms with Crippen LogP contribution in [-0.4, -0.2) is 43.4 Å². The molecule has 6 rings (SSSR count). The molecule has 0 unspecified atom stereocenters. The zero-order valence-electron chi connectivity index (χ0n) is 24.7. The maximum absolute atomic E-state index is 14.6. The average molecular weight is 619 g/mol. The van der Waals surface area contributed by atoms with Crippen LogP contribution in [0.1, 0.15) is 66.0 Å². The highest BCUT2D eigenvalue weighted by atomic mass is 32.2. The van der Waals surface area contributed by atoms with Crippen LogP contribution in [0.25, 0.3) is 0 Å². The normalized spacial score (nSPS) is 17.3. The minimum absolute atomic E-state index is 0.0549. The Kier molecular flexibility index (Phi) is 8.97. The van der Waals surface area contributed by atoms with Gasteiger partial charge in [-0.1, -0.05) is 36.8 Å². The third-order valence-electron chi connectivity index (χ3n) is 8.66. The SMILES string of the molecule is COc1ccc(CN(c2ncns2)S(=O)(=O)c2cc3c(c(CN4CCCC[C@H]4c4ccccc4)c2)CCCC3)c(OC)c1. The third kappa shape index (κ3) is 6.27. The molecule has 1 aliphatic carbocycles. The van der Waals surface area contributed by atoms with Gasteiger partial charge in [-0.15, -0.1) is 0 Å². The molecular formula is C33H38N4O4S2. The Balaban J connectivity index is 1.39. The van der Waals surface area contributed by atoms with Gasteiger partial charge in [-0.05, 0) is 91.6 Å². The van der Waals surface area contributed by atoms with Gasteiger partial charge in [-0.2, -0.15) is 4.37 Å². The van der Waals surface area contributed by atoms with Crippen molar-refractivity contribution in [3.05, 3.63) is 94.8 Å². The van der Waals surface area contributed by atoms with Crippen LogP contribution in [0.3, 0.4) is 0 Å². The van der Waals surface area contributed by atoms with Crippen molar-refractivity contribution in [2.45, 2.75) is 69.0 Å². The number of benzene rings is 3. The minimum Gasteiger partial charge on any atom is -0.497 e. The molecule has 2 aliphatic rings. The van der Waals surface area contributed by atoms with E-state index in [1.165, 1.54) is 28.2 Å². The third-order valence-corrected chi connectivity index (χ3v) is 11.2. The van der Waals surface area contributed by atoms with E-state index in [4.69, 9.17) is 9.47 Å². The first-order valence-corrected chi connectivity index (χ1v) is 17.1. The second-order valence-electron chi connectivity index (χ2n) is 11.2. The van der Waals surface area contributed by atoms with Crippen molar-refractivity contribution in [1.29, 1.82) is 0 Å². The van der Waals surface area contributed by atoms with Gasteiger partial charge in [0.15, 0.2) is 0 Å². The van der Waals surface area contributed by atoms with Crippen LogP contribution in [0.15, 0.2) is 71.9 Å². The number of methoxy groups -OCH3 is 2. The number of ether oxygens (including phenoxy) is 2. The summed E-state index contributed by atoms with van der Waals surface area (Å²) in [5.41, 5.74) is 5.63. The number of fused-ring (bicyclic) bond motifs is 1. The highest BCUT2D eigenvalue weighted by molar-refractivity contribution is 7.93. The molecule has 2 heterocycles. The number of rotatable bonds is 10. The lowest BCUT2D eigenvalue weighted by molar-refractivity contribution is 0.140. The first kappa shape index (κ1) is 29.6. The summed E-state index contributed by atoms with van der Waals surface area (Å²) in [4.78, 5) is 7.17. The van der Waals surface area contributed by atoms with E-state index in [0.29, 0.717) is 33.1 Å². The Bertz CT molecular complexity index is 1650. The van der Waals surface area contributed by atoms with Gasteiger partial charge in [0.1, 0.15) is 17.8 Å². The van der Waals surface area contributed by atoms with Gasteiger partial charge < -0.3 is 9.47 Å². The smallest absolute Gasteiger partial charge is 0.266 e. The van der Waals surface area contributed by atoms with Gasteiger partial charge in [0.2, 0.25) is 5.13 Å². The molecule has 1 fully saturated rings. The van der Waals surface area contributed by atoms with Gasteiger partial charge in [0.05, 0.1) is 25.7 Å². The highest BCUT2D eigenvalue weighted by Crippen LogP contribution is 2.37. The molecule has 1 atom stereocenters. The molecule has 1 aromatic heterocycles. The Hall–Kier alpha value is -3.47. The lowest BCUT2D eigenvalue weighted by Crippen LogP contribution is -2.34. The molecule has 0 spiro atoms. The van der Waals surface area contributed by atoms with Crippen LogP contribution in [0, 0.1) is 0 Å². The fraction of sp³-hybridized carbons (Fsp3) is 0.394. The number of anilines is 1. The Labute approximate surface area is 258 Å². The van der Waals surface area contributed by atoms with Crippen molar-refractivity contribution in [1.82, 2.24) is 14.3 Å².